The van der Waals surface area contributed by atoms with E-state index >= 15 is 0 Å². The summed E-state index contributed by atoms with van der Waals surface area (Å²) in [5, 5.41) is 13.5. The molecule has 0 aliphatic heterocycles. The van der Waals surface area contributed by atoms with Crippen LogP contribution in [0.4, 0.5) is 5.69 Å². The zero-order chi connectivity index (χ0) is 15.1. The molecule has 112 valence electrons. The molecule has 0 radical (unpaired) electrons. The van der Waals surface area contributed by atoms with E-state index in [9.17, 15) is 5.11 Å². The number of hydrogen-bond donors (Lipinski definition) is 2. The Bertz CT molecular complexity index is 584. The Morgan fingerprint density at radius 3 is 2.33 bits per heavy atom. The zero-order valence-corrected chi connectivity index (χ0v) is 12.4. The number of benzene rings is 2. The van der Waals surface area contributed by atoms with E-state index in [1.165, 1.54) is 0 Å². The van der Waals surface area contributed by atoms with Crippen molar-refractivity contribution >= 4 is 5.69 Å². The van der Waals surface area contributed by atoms with E-state index in [0.29, 0.717) is 25.5 Å². The van der Waals surface area contributed by atoms with Crippen molar-refractivity contribution in [1.29, 1.82) is 0 Å². The quantitative estimate of drug-likeness (QED) is 0.813. The summed E-state index contributed by atoms with van der Waals surface area (Å²) in [4.78, 5) is 0. The van der Waals surface area contributed by atoms with Gasteiger partial charge in [0.25, 0.3) is 0 Å². The van der Waals surface area contributed by atoms with Crippen LogP contribution >= 0.6 is 0 Å². The first-order valence-corrected chi connectivity index (χ1v) is 7.15. The van der Waals surface area contributed by atoms with Crippen molar-refractivity contribution < 1.29 is 14.6 Å². The minimum absolute atomic E-state index is 0.181. The maximum absolute atomic E-state index is 10.2. The van der Waals surface area contributed by atoms with E-state index in [2.05, 4.69) is 5.32 Å². The number of anilines is 1. The molecule has 0 saturated heterocycles. The van der Waals surface area contributed by atoms with E-state index in [4.69, 9.17) is 9.47 Å². The van der Waals surface area contributed by atoms with Crippen LogP contribution in [0.3, 0.4) is 0 Å². The summed E-state index contributed by atoms with van der Waals surface area (Å²) in [6, 6.07) is 13.3. The van der Waals surface area contributed by atoms with Crippen LogP contribution < -0.4 is 14.8 Å². The summed E-state index contributed by atoms with van der Waals surface area (Å²) < 4.78 is 11.0. The molecule has 0 atom stereocenters. The fourth-order valence-corrected chi connectivity index (χ4v) is 2.07. The lowest BCUT2D eigenvalue weighted by Crippen LogP contribution is -2.03. The standard InChI is InChI=1S/C17H21NO3/c1-3-20-15-10-6-5-9-14(15)18-12-13-8-7-11-16(17(13)19)21-4-2/h5-11,18-19H,3-4,12H2,1-2H3. The Labute approximate surface area is 125 Å². The number of hydrogen-bond acceptors (Lipinski definition) is 4. The number of ether oxygens (including phenoxy) is 2. The Morgan fingerprint density at radius 2 is 1.57 bits per heavy atom. The van der Waals surface area contributed by atoms with Crippen LogP contribution in [0, 0.1) is 0 Å². The van der Waals surface area contributed by atoms with Crippen molar-refractivity contribution in [2.75, 3.05) is 18.5 Å². The van der Waals surface area contributed by atoms with Crippen LogP contribution in [0.2, 0.25) is 0 Å². The average Bonchev–Trinajstić information content (AvgIpc) is 2.50. The molecule has 2 aromatic carbocycles. The highest BCUT2D eigenvalue weighted by Crippen LogP contribution is 2.31. The summed E-state index contributed by atoms with van der Waals surface area (Å²) in [5.41, 5.74) is 1.69. The Morgan fingerprint density at radius 1 is 0.905 bits per heavy atom. The van der Waals surface area contributed by atoms with Crippen LogP contribution in [0.5, 0.6) is 17.2 Å². The van der Waals surface area contributed by atoms with Gasteiger partial charge in [0.05, 0.1) is 18.9 Å². The second-order valence-corrected chi connectivity index (χ2v) is 4.48. The summed E-state index contributed by atoms with van der Waals surface area (Å²) in [6.45, 7) is 5.48. The molecule has 21 heavy (non-hydrogen) atoms. The van der Waals surface area contributed by atoms with Crippen molar-refractivity contribution in [2.24, 2.45) is 0 Å². The number of aromatic hydroxyl groups is 1. The van der Waals surface area contributed by atoms with Gasteiger partial charge in [-0.3, -0.25) is 0 Å². The third kappa shape index (κ3) is 3.81. The van der Waals surface area contributed by atoms with Gasteiger partial charge in [0.1, 0.15) is 5.75 Å². The van der Waals surface area contributed by atoms with Gasteiger partial charge in [-0.25, -0.2) is 0 Å². The van der Waals surface area contributed by atoms with Crippen LogP contribution in [-0.2, 0) is 6.54 Å². The van der Waals surface area contributed by atoms with Crippen LogP contribution in [0.1, 0.15) is 19.4 Å². The first-order chi connectivity index (χ1) is 10.3. The predicted octanol–water partition coefficient (Wildman–Crippen LogP) is 3.80. The van der Waals surface area contributed by atoms with Gasteiger partial charge < -0.3 is 19.9 Å². The van der Waals surface area contributed by atoms with Gasteiger partial charge in [-0.2, -0.15) is 0 Å². The topological polar surface area (TPSA) is 50.7 Å². The summed E-state index contributed by atoms with van der Waals surface area (Å²) in [5.74, 6) is 1.50. The van der Waals surface area contributed by atoms with E-state index in [-0.39, 0.29) is 5.75 Å². The second kappa shape index (κ2) is 7.43. The molecule has 2 rings (SSSR count). The highest BCUT2D eigenvalue weighted by Gasteiger charge is 2.08. The van der Waals surface area contributed by atoms with Crippen LogP contribution in [-0.4, -0.2) is 18.3 Å². The minimum Gasteiger partial charge on any atom is -0.504 e. The van der Waals surface area contributed by atoms with Gasteiger partial charge >= 0.3 is 0 Å². The largest absolute Gasteiger partial charge is 0.504 e. The van der Waals surface area contributed by atoms with Gasteiger partial charge in [0.15, 0.2) is 11.5 Å². The molecule has 0 saturated carbocycles. The molecule has 0 heterocycles. The number of rotatable bonds is 7. The molecule has 0 amide bonds. The van der Waals surface area contributed by atoms with Gasteiger partial charge in [-0.15, -0.1) is 0 Å². The smallest absolute Gasteiger partial charge is 0.162 e. The molecule has 0 spiro atoms. The Balaban J connectivity index is 2.11. The lowest BCUT2D eigenvalue weighted by atomic mass is 10.1. The van der Waals surface area contributed by atoms with Crippen molar-refractivity contribution in [3.05, 3.63) is 48.0 Å². The average molecular weight is 287 g/mol. The minimum atomic E-state index is 0.181. The number of phenolic OH excluding ortho intramolecular Hbond substituents is 1. The molecular formula is C17H21NO3. The maximum Gasteiger partial charge on any atom is 0.162 e. The predicted molar refractivity (Wildman–Crippen MR) is 84.2 cm³/mol. The van der Waals surface area contributed by atoms with Gasteiger partial charge in [-0.05, 0) is 32.0 Å². The van der Waals surface area contributed by atoms with Crippen molar-refractivity contribution in [3.63, 3.8) is 0 Å². The van der Waals surface area contributed by atoms with Gasteiger partial charge in [0.2, 0.25) is 0 Å². The molecule has 0 aromatic heterocycles. The SMILES string of the molecule is CCOc1ccccc1NCc1cccc(OCC)c1O. The fourth-order valence-electron chi connectivity index (χ4n) is 2.07. The third-order valence-corrected chi connectivity index (χ3v) is 3.04. The lowest BCUT2D eigenvalue weighted by molar-refractivity contribution is 0.317. The van der Waals surface area contributed by atoms with E-state index in [1.54, 1.807) is 6.07 Å². The summed E-state index contributed by atoms with van der Waals surface area (Å²) >= 11 is 0. The molecule has 4 nitrogen and oxygen atoms in total. The molecule has 4 heteroatoms. The molecular weight excluding hydrogens is 266 g/mol. The molecule has 0 unspecified atom stereocenters. The first kappa shape index (κ1) is 15.0. The lowest BCUT2D eigenvalue weighted by Gasteiger charge is -2.14. The monoisotopic (exact) mass is 287 g/mol. The van der Waals surface area contributed by atoms with Crippen molar-refractivity contribution in [3.8, 4) is 17.2 Å². The van der Waals surface area contributed by atoms with Crippen molar-refractivity contribution in [1.82, 2.24) is 0 Å². The number of nitrogens with one attached hydrogen (secondary N) is 1. The van der Waals surface area contributed by atoms with Gasteiger partial charge in [-0.1, -0.05) is 24.3 Å². The Hall–Kier alpha value is -2.36. The molecule has 0 fully saturated rings. The fraction of sp³-hybridized carbons (Fsp3) is 0.294. The Kier molecular flexibility index (Phi) is 5.32. The molecule has 0 aliphatic carbocycles. The highest BCUT2D eigenvalue weighted by atomic mass is 16.5. The molecule has 2 N–H and O–H groups in total. The molecule has 2 aromatic rings. The second-order valence-electron chi connectivity index (χ2n) is 4.48. The van der Waals surface area contributed by atoms with Gasteiger partial charge in [0, 0.05) is 12.1 Å². The summed E-state index contributed by atoms with van der Waals surface area (Å²) in [6.07, 6.45) is 0. The van der Waals surface area contributed by atoms with E-state index in [1.807, 2.05) is 50.2 Å². The maximum atomic E-state index is 10.2. The zero-order valence-electron chi connectivity index (χ0n) is 12.4. The summed E-state index contributed by atoms with van der Waals surface area (Å²) in [7, 11) is 0. The van der Waals surface area contributed by atoms with Crippen LogP contribution in [0.25, 0.3) is 0 Å². The number of para-hydroxylation sites is 3. The highest BCUT2D eigenvalue weighted by molar-refractivity contribution is 5.57. The molecule has 0 aliphatic rings. The third-order valence-electron chi connectivity index (χ3n) is 3.04. The van der Waals surface area contributed by atoms with Crippen molar-refractivity contribution in [2.45, 2.75) is 20.4 Å². The normalized spacial score (nSPS) is 10.2. The first-order valence-electron chi connectivity index (χ1n) is 7.15. The van der Waals surface area contributed by atoms with E-state index < -0.39 is 0 Å². The number of phenols is 1. The van der Waals surface area contributed by atoms with E-state index in [0.717, 1.165) is 17.0 Å². The van der Waals surface area contributed by atoms with Crippen LogP contribution in [0.15, 0.2) is 42.5 Å². The molecule has 0 bridgehead atoms.